The van der Waals surface area contributed by atoms with E-state index in [4.69, 9.17) is 9.47 Å². The first-order valence-corrected chi connectivity index (χ1v) is 16.4. The van der Waals surface area contributed by atoms with Gasteiger partial charge in [-0.05, 0) is 106 Å². The summed E-state index contributed by atoms with van der Waals surface area (Å²) >= 11 is 0. The van der Waals surface area contributed by atoms with E-state index in [0.717, 1.165) is 5.56 Å². The molecule has 0 saturated carbocycles. The zero-order chi connectivity index (χ0) is 36.3. The number of rotatable bonds is 6. The monoisotopic (exact) mass is 696 g/mol. The lowest BCUT2D eigenvalue weighted by Crippen LogP contribution is -2.11. The second-order valence-electron chi connectivity index (χ2n) is 13.0. The largest absolute Gasteiger partial charge is 0.508 e. The Labute approximate surface area is 297 Å². The summed E-state index contributed by atoms with van der Waals surface area (Å²) in [6.45, 7) is 0. The first-order valence-electron chi connectivity index (χ1n) is 16.4. The van der Waals surface area contributed by atoms with Crippen LogP contribution in [-0.2, 0) is 0 Å². The lowest BCUT2D eigenvalue weighted by Gasteiger charge is -2.22. The molecule has 0 saturated heterocycles. The van der Waals surface area contributed by atoms with Crippen LogP contribution in [0.25, 0.3) is 12.2 Å². The first-order chi connectivity index (χ1) is 25.0. The van der Waals surface area contributed by atoms with Crippen molar-refractivity contribution in [2.75, 3.05) is 0 Å². The molecule has 0 aromatic heterocycles. The maximum Gasteiger partial charge on any atom is 0.157 e. The topological polar surface area (TPSA) is 180 Å². The lowest BCUT2D eigenvalue weighted by atomic mass is 9.81. The van der Waals surface area contributed by atoms with E-state index in [2.05, 4.69) is 0 Å². The van der Waals surface area contributed by atoms with Gasteiger partial charge in [0.2, 0.25) is 0 Å². The van der Waals surface area contributed by atoms with E-state index < -0.39 is 24.0 Å². The van der Waals surface area contributed by atoms with Gasteiger partial charge >= 0.3 is 0 Å². The molecule has 6 aromatic carbocycles. The second-order valence-corrected chi connectivity index (χ2v) is 13.0. The number of ether oxygens (including phenoxy) is 2. The van der Waals surface area contributed by atoms with Crippen LogP contribution >= 0.6 is 0 Å². The predicted octanol–water partition coefficient (Wildman–Crippen LogP) is 8.03. The molecular weight excluding hydrogens is 664 g/mol. The van der Waals surface area contributed by atoms with E-state index in [0.29, 0.717) is 44.7 Å². The van der Waals surface area contributed by atoms with Gasteiger partial charge < -0.3 is 50.3 Å². The third kappa shape index (κ3) is 5.75. The smallest absolute Gasteiger partial charge is 0.157 e. The number of hydrogen-bond donors (Lipinski definition) is 8. The third-order valence-corrected chi connectivity index (χ3v) is 9.57. The Kier molecular flexibility index (Phi) is 7.72. The Hall–Kier alpha value is -6.94. The number of fused-ring (bicyclic) bond motifs is 2. The van der Waals surface area contributed by atoms with Gasteiger partial charge in [-0.25, -0.2) is 0 Å². The molecule has 8 N–H and O–H groups in total. The maximum absolute atomic E-state index is 11.8. The fourth-order valence-corrected chi connectivity index (χ4v) is 7.23. The Bertz CT molecular complexity index is 2350. The predicted molar refractivity (Wildman–Crippen MR) is 191 cm³/mol. The third-order valence-electron chi connectivity index (χ3n) is 9.57. The molecule has 10 heteroatoms. The minimum atomic E-state index is -0.861. The highest BCUT2D eigenvalue weighted by molar-refractivity contribution is 5.73. The van der Waals surface area contributed by atoms with Crippen molar-refractivity contribution in [2.45, 2.75) is 24.0 Å². The zero-order valence-electron chi connectivity index (χ0n) is 27.3. The first kappa shape index (κ1) is 32.3. The van der Waals surface area contributed by atoms with Crippen molar-refractivity contribution in [1.29, 1.82) is 0 Å². The zero-order valence-corrected chi connectivity index (χ0v) is 27.3. The highest BCUT2D eigenvalue weighted by Gasteiger charge is 2.44. The van der Waals surface area contributed by atoms with Gasteiger partial charge in [0.05, 0.1) is 11.8 Å². The van der Waals surface area contributed by atoms with Crippen LogP contribution < -0.4 is 9.47 Å². The number of benzene rings is 6. The molecule has 2 heterocycles. The van der Waals surface area contributed by atoms with Crippen molar-refractivity contribution < 1.29 is 50.3 Å². The van der Waals surface area contributed by atoms with Gasteiger partial charge in [0.1, 0.15) is 58.2 Å². The molecule has 10 nitrogen and oxygen atoms in total. The molecule has 2 aliphatic heterocycles. The van der Waals surface area contributed by atoms with E-state index in [1.54, 1.807) is 78.9 Å². The standard InChI is InChI=1S/C42H32O10/c43-27-8-3-21(4-9-27)1-2-22-13-33(49)39-35(14-22)51-41(23-5-10-28(44)11-6-23)38(39)26-18-34(50)40-36(19-26)52-42(24-7-12-31(47)32(48)17-24)37(40)25-15-29(45)20-30(46)16-25/h1-20,37-38,41-50H/b2-1+/t37-,38+,41+,42-/m1/s1. The summed E-state index contributed by atoms with van der Waals surface area (Å²) in [5.41, 5.74) is 4.48. The molecular formula is C42H32O10. The average molecular weight is 697 g/mol. The van der Waals surface area contributed by atoms with Crippen molar-refractivity contribution in [3.8, 4) is 57.5 Å². The van der Waals surface area contributed by atoms with Crippen LogP contribution in [0.15, 0.2) is 109 Å². The van der Waals surface area contributed by atoms with Crippen LogP contribution in [-0.4, -0.2) is 40.9 Å². The van der Waals surface area contributed by atoms with Crippen LogP contribution in [0, 0.1) is 0 Å². The Morgan fingerprint density at radius 1 is 0.365 bits per heavy atom. The van der Waals surface area contributed by atoms with Crippen molar-refractivity contribution in [2.24, 2.45) is 0 Å². The molecule has 0 spiro atoms. The number of phenols is 8. The van der Waals surface area contributed by atoms with Gasteiger partial charge in [-0.15, -0.1) is 0 Å². The molecule has 6 aromatic rings. The molecule has 4 atom stereocenters. The van der Waals surface area contributed by atoms with Crippen LogP contribution in [0.3, 0.4) is 0 Å². The minimum absolute atomic E-state index is 0.0411. The SMILES string of the molecule is Oc1ccc(/C=C/c2cc(O)c3c(c2)O[C@@H](c2ccc(O)cc2)[C@H]3c2cc(O)c3c(c2)O[C@H](c2ccc(O)c(O)c2)[C@@H]3c2cc(O)cc(O)c2)cc1. The van der Waals surface area contributed by atoms with Crippen LogP contribution in [0.5, 0.6) is 57.5 Å². The van der Waals surface area contributed by atoms with Gasteiger partial charge in [-0.2, -0.15) is 0 Å². The highest BCUT2D eigenvalue weighted by Crippen LogP contribution is 2.58. The quantitative estimate of drug-likeness (QED) is 0.0627. The average Bonchev–Trinajstić information content (AvgIpc) is 3.69. The molecule has 0 unspecified atom stereocenters. The summed E-state index contributed by atoms with van der Waals surface area (Å²) in [5, 5.41) is 84.2. The molecule has 8 rings (SSSR count). The fraction of sp³-hybridized carbons (Fsp3) is 0.0952. The normalized spacial score (nSPS) is 18.8. The van der Waals surface area contributed by atoms with Crippen LogP contribution in [0.2, 0.25) is 0 Å². The summed E-state index contributed by atoms with van der Waals surface area (Å²) in [6.07, 6.45) is 2.10. The number of hydrogen-bond acceptors (Lipinski definition) is 10. The van der Waals surface area contributed by atoms with E-state index in [9.17, 15) is 40.9 Å². The van der Waals surface area contributed by atoms with E-state index in [1.807, 2.05) is 12.2 Å². The Morgan fingerprint density at radius 2 is 0.865 bits per heavy atom. The number of aromatic hydroxyl groups is 8. The van der Waals surface area contributed by atoms with Crippen molar-refractivity contribution in [1.82, 2.24) is 0 Å². The molecule has 0 radical (unpaired) electrons. The summed E-state index contributed by atoms with van der Waals surface area (Å²) in [5.74, 6) is -1.79. The molecule has 0 fully saturated rings. The molecule has 0 amide bonds. The Morgan fingerprint density at radius 3 is 1.50 bits per heavy atom. The van der Waals surface area contributed by atoms with Gasteiger partial charge in [-0.3, -0.25) is 0 Å². The van der Waals surface area contributed by atoms with Gasteiger partial charge in [-0.1, -0.05) is 42.5 Å². The van der Waals surface area contributed by atoms with Crippen LogP contribution in [0.4, 0.5) is 0 Å². The van der Waals surface area contributed by atoms with Crippen molar-refractivity contribution in [3.05, 3.63) is 154 Å². The summed E-state index contributed by atoms with van der Waals surface area (Å²) in [4.78, 5) is 0. The summed E-state index contributed by atoms with van der Waals surface area (Å²) in [7, 11) is 0. The highest BCUT2D eigenvalue weighted by atomic mass is 16.5. The minimum Gasteiger partial charge on any atom is -0.508 e. The number of phenolic OH excluding ortho intramolecular Hbond substituents is 8. The molecule has 260 valence electrons. The van der Waals surface area contributed by atoms with E-state index in [1.165, 1.54) is 30.3 Å². The maximum atomic E-state index is 11.8. The van der Waals surface area contributed by atoms with E-state index in [-0.39, 0.29) is 51.7 Å². The lowest BCUT2D eigenvalue weighted by molar-refractivity contribution is 0.218. The van der Waals surface area contributed by atoms with Crippen LogP contribution in [0.1, 0.15) is 68.6 Å². The van der Waals surface area contributed by atoms with Gasteiger partial charge in [0, 0.05) is 17.2 Å². The summed E-state index contributed by atoms with van der Waals surface area (Å²) < 4.78 is 13.1. The fourth-order valence-electron chi connectivity index (χ4n) is 7.23. The van der Waals surface area contributed by atoms with Gasteiger partial charge in [0.15, 0.2) is 11.5 Å². The van der Waals surface area contributed by atoms with Crippen molar-refractivity contribution >= 4 is 12.2 Å². The summed E-state index contributed by atoms with van der Waals surface area (Å²) in [6, 6.07) is 28.3. The second kappa shape index (κ2) is 12.4. The van der Waals surface area contributed by atoms with Gasteiger partial charge in [0.25, 0.3) is 0 Å². The molecule has 0 aliphatic carbocycles. The molecule has 2 aliphatic rings. The Balaban J connectivity index is 1.25. The van der Waals surface area contributed by atoms with E-state index >= 15 is 0 Å². The van der Waals surface area contributed by atoms with Crippen molar-refractivity contribution in [3.63, 3.8) is 0 Å². The molecule has 52 heavy (non-hydrogen) atoms. The molecule has 0 bridgehead atoms.